The first-order valence-electron chi connectivity index (χ1n) is 4.10. The maximum atomic E-state index is 5.71. The molecule has 0 aliphatic heterocycles. The zero-order valence-electron chi connectivity index (χ0n) is 7.69. The Hall–Kier alpha value is -2.04. The quantitative estimate of drug-likeness (QED) is 0.742. The molecule has 2 rings (SSSR count). The Morgan fingerprint density at radius 1 is 1.50 bits per heavy atom. The molecule has 0 saturated heterocycles. The Morgan fingerprint density at radius 2 is 2.36 bits per heavy atom. The molecule has 0 aromatic carbocycles. The zero-order valence-corrected chi connectivity index (χ0v) is 7.69. The maximum absolute atomic E-state index is 5.71. The number of nitrogens with zero attached hydrogens (tertiary/aromatic N) is 2. The van der Waals surface area contributed by atoms with Gasteiger partial charge in [-0.2, -0.15) is 5.10 Å². The van der Waals surface area contributed by atoms with Gasteiger partial charge < -0.3 is 10.5 Å². The summed E-state index contributed by atoms with van der Waals surface area (Å²) in [5.41, 5.74) is 8.01. The molecule has 0 amide bonds. The lowest BCUT2D eigenvalue weighted by Crippen LogP contribution is -1.90. The highest BCUT2D eigenvalue weighted by Crippen LogP contribution is 2.24. The third-order valence-electron chi connectivity index (χ3n) is 1.90. The van der Waals surface area contributed by atoms with E-state index in [-0.39, 0.29) is 0 Å². The minimum Gasteiger partial charge on any atom is -0.481 e. The highest BCUT2D eigenvalue weighted by atomic mass is 16.5. The van der Waals surface area contributed by atoms with Gasteiger partial charge in [0, 0.05) is 17.8 Å². The van der Waals surface area contributed by atoms with Gasteiger partial charge in [-0.1, -0.05) is 0 Å². The largest absolute Gasteiger partial charge is 0.481 e. The van der Waals surface area contributed by atoms with Gasteiger partial charge in [-0.25, -0.2) is 4.98 Å². The Morgan fingerprint density at radius 3 is 3.00 bits per heavy atom. The maximum Gasteiger partial charge on any atom is 0.213 e. The third kappa shape index (κ3) is 1.39. The second-order valence-electron chi connectivity index (χ2n) is 2.79. The number of aromatic nitrogens is 3. The Balaban J connectivity index is 2.47. The van der Waals surface area contributed by atoms with Crippen LogP contribution in [0.1, 0.15) is 0 Å². The number of ether oxygens (including phenoxy) is 1. The number of rotatable bonds is 2. The van der Waals surface area contributed by atoms with E-state index in [9.17, 15) is 0 Å². The second-order valence-corrected chi connectivity index (χ2v) is 2.79. The van der Waals surface area contributed by atoms with Crippen LogP contribution in [0.3, 0.4) is 0 Å². The van der Waals surface area contributed by atoms with Gasteiger partial charge in [0.25, 0.3) is 0 Å². The van der Waals surface area contributed by atoms with E-state index in [1.807, 2.05) is 6.07 Å². The standard InChI is InChI=1S/C9H10N4O/c1-14-8-4-6(2-3-11-8)9-7(10)5-12-13-9/h2-5H,10H2,1H3,(H,12,13). The molecule has 0 radical (unpaired) electrons. The van der Waals surface area contributed by atoms with Crippen molar-refractivity contribution in [1.29, 1.82) is 0 Å². The summed E-state index contributed by atoms with van der Waals surface area (Å²) in [6.07, 6.45) is 3.23. The first kappa shape index (κ1) is 8.55. The van der Waals surface area contributed by atoms with Crippen molar-refractivity contribution in [2.45, 2.75) is 0 Å². The highest BCUT2D eigenvalue weighted by Gasteiger charge is 2.05. The first-order chi connectivity index (χ1) is 6.81. The summed E-state index contributed by atoms with van der Waals surface area (Å²) in [5, 5.41) is 6.66. The molecule has 0 spiro atoms. The van der Waals surface area contributed by atoms with Crippen LogP contribution < -0.4 is 10.5 Å². The molecule has 5 heteroatoms. The van der Waals surface area contributed by atoms with Crippen LogP contribution in [0.2, 0.25) is 0 Å². The van der Waals surface area contributed by atoms with Gasteiger partial charge in [0.15, 0.2) is 0 Å². The van der Waals surface area contributed by atoms with Crippen molar-refractivity contribution in [1.82, 2.24) is 15.2 Å². The number of anilines is 1. The van der Waals surface area contributed by atoms with E-state index in [1.165, 1.54) is 0 Å². The van der Waals surface area contributed by atoms with E-state index < -0.39 is 0 Å². The second kappa shape index (κ2) is 3.37. The summed E-state index contributed by atoms with van der Waals surface area (Å²) in [6, 6.07) is 3.64. The number of hydrogen-bond donors (Lipinski definition) is 2. The van der Waals surface area contributed by atoms with Crippen molar-refractivity contribution in [2.75, 3.05) is 12.8 Å². The van der Waals surface area contributed by atoms with Crippen molar-refractivity contribution < 1.29 is 4.74 Å². The fourth-order valence-corrected chi connectivity index (χ4v) is 1.20. The van der Waals surface area contributed by atoms with Crippen LogP contribution in [0.4, 0.5) is 5.69 Å². The summed E-state index contributed by atoms with van der Waals surface area (Å²) in [4.78, 5) is 4.00. The fraction of sp³-hybridized carbons (Fsp3) is 0.111. The van der Waals surface area contributed by atoms with Gasteiger partial charge in [-0.05, 0) is 6.07 Å². The molecule has 0 saturated carbocycles. The van der Waals surface area contributed by atoms with Crippen molar-refractivity contribution in [3.8, 4) is 17.1 Å². The van der Waals surface area contributed by atoms with Crippen LogP contribution >= 0.6 is 0 Å². The predicted molar refractivity (Wildman–Crippen MR) is 52.8 cm³/mol. The van der Waals surface area contributed by atoms with Crippen LogP contribution in [-0.4, -0.2) is 22.3 Å². The molecule has 0 fully saturated rings. The lowest BCUT2D eigenvalue weighted by atomic mass is 10.2. The van der Waals surface area contributed by atoms with E-state index in [1.54, 1.807) is 25.6 Å². The summed E-state index contributed by atoms with van der Waals surface area (Å²) in [7, 11) is 1.57. The van der Waals surface area contributed by atoms with E-state index in [2.05, 4.69) is 15.2 Å². The molecule has 2 aromatic rings. The molecule has 2 heterocycles. The number of H-pyrrole nitrogens is 1. The van der Waals surface area contributed by atoms with Gasteiger partial charge in [0.05, 0.1) is 24.7 Å². The molecule has 0 aliphatic carbocycles. The van der Waals surface area contributed by atoms with Crippen LogP contribution in [0.5, 0.6) is 5.88 Å². The van der Waals surface area contributed by atoms with Crippen molar-refractivity contribution >= 4 is 5.69 Å². The lowest BCUT2D eigenvalue weighted by Gasteiger charge is -2.01. The van der Waals surface area contributed by atoms with Crippen molar-refractivity contribution in [2.24, 2.45) is 0 Å². The Labute approximate surface area is 80.9 Å². The van der Waals surface area contributed by atoms with E-state index in [0.29, 0.717) is 11.6 Å². The van der Waals surface area contributed by atoms with Crippen molar-refractivity contribution in [3.05, 3.63) is 24.5 Å². The number of nitrogen functional groups attached to an aromatic ring is 1. The molecule has 5 nitrogen and oxygen atoms in total. The summed E-state index contributed by atoms with van der Waals surface area (Å²) in [5.74, 6) is 0.552. The molecule has 3 N–H and O–H groups in total. The molecule has 14 heavy (non-hydrogen) atoms. The SMILES string of the molecule is COc1cc(-c2[nH]ncc2N)ccn1. The van der Waals surface area contributed by atoms with Gasteiger partial charge >= 0.3 is 0 Å². The minimum atomic E-state index is 0.552. The molecule has 0 atom stereocenters. The topological polar surface area (TPSA) is 76.8 Å². The molecule has 0 aliphatic rings. The summed E-state index contributed by atoms with van der Waals surface area (Å²) >= 11 is 0. The highest BCUT2D eigenvalue weighted by molar-refractivity contribution is 5.71. The molecule has 72 valence electrons. The van der Waals surface area contributed by atoms with E-state index >= 15 is 0 Å². The number of nitrogens with one attached hydrogen (secondary N) is 1. The van der Waals surface area contributed by atoms with Crippen LogP contribution in [0, 0.1) is 0 Å². The van der Waals surface area contributed by atoms with Crippen LogP contribution in [0.15, 0.2) is 24.5 Å². The van der Waals surface area contributed by atoms with Crippen molar-refractivity contribution in [3.63, 3.8) is 0 Å². The summed E-state index contributed by atoms with van der Waals surface area (Å²) in [6.45, 7) is 0. The smallest absolute Gasteiger partial charge is 0.213 e. The third-order valence-corrected chi connectivity index (χ3v) is 1.90. The predicted octanol–water partition coefficient (Wildman–Crippen LogP) is 1.06. The Kier molecular flexibility index (Phi) is 2.06. The molecule has 0 unspecified atom stereocenters. The van der Waals surface area contributed by atoms with E-state index in [4.69, 9.17) is 10.5 Å². The zero-order chi connectivity index (χ0) is 9.97. The van der Waals surface area contributed by atoms with Gasteiger partial charge in [-0.15, -0.1) is 0 Å². The van der Waals surface area contributed by atoms with Gasteiger partial charge in [-0.3, -0.25) is 5.10 Å². The van der Waals surface area contributed by atoms with E-state index in [0.717, 1.165) is 11.3 Å². The van der Waals surface area contributed by atoms with Gasteiger partial charge in [0.1, 0.15) is 0 Å². The number of methoxy groups -OCH3 is 1. The number of aromatic amines is 1. The number of pyridine rings is 1. The average molecular weight is 190 g/mol. The lowest BCUT2D eigenvalue weighted by molar-refractivity contribution is 0.398. The normalized spacial score (nSPS) is 10.1. The van der Waals surface area contributed by atoms with Crippen LogP contribution in [-0.2, 0) is 0 Å². The molecule has 0 bridgehead atoms. The molecular weight excluding hydrogens is 180 g/mol. The first-order valence-corrected chi connectivity index (χ1v) is 4.10. The Bertz CT molecular complexity index is 438. The fourth-order valence-electron chi connectivity index (χ4n) is 1.20. The monoisotopic (exact) mass is 190 g/mol. The van der Waals surface area contributed by atoms with Gasteiger partial charge in [0.2, 0.25) is 5.88 Å². The molecular formula is C9H10N4O. The number of hydrogen-bond acceptors (Lipinski definition) is 4. The van der Waals surface area contributed by atoms with Crippen LogP contribution in [0.25, 0.3) is 11.3 Å². The summed E-state index contributed by atoms with van der Waals surface area (Å²) < 4.78 is 5.01. The number of nitrogens with two attached hydrogens (primary N) is 1. The molecule has 2 aromatic heterocycles. The minimum absolute atomic E-state index is 0.552. The average Bonchev–Trinajstić information content (AvgIpc) is 2.65.